The van der Waals surface area contributed by atoms with Crippen LogP contribution in [-0.4, -0.2) is 62.2 Å². The number of hydrogen-bond acceptors (Lipinski definition) is 5. The van der Waals surface area contributed by atoms with E-state index in [0.29, 0.717) is 43.9 Å². The number of halogens is 1. The standard InChI is InChI=1S/C18H24N4O3S.ClH/c19-12-14-4-3-9-22(14)18(23)13-7-10-21(11-8-13)17-15-5-1-2-6-16(15)26(24,25)20-17;/h1-2,5-6,13-14H,3-4,7-12,19H2;1H. The molecule has 0 spiro atoms. The van der Waals surface area contributed by atoms with Crippen LogP contribution in [0.25, 0.3) is 0 Å². The van der Waals surface area contributed by atoms with Crippen molar-refractivity contribution in [1.29, 1.82) is 0 Å². The van der Waals surface area contributed by atoms with Gasteiger partial charge in [0.25, 0.3) is 10.0 Å². The number of nitrogens with two attached hydrogens (primary N) is 1. The van der Waals surface area contributed by atoms with E-state index in [4.69, 9.17) is 5.73 Å². The smallest absolute Gasteiger partial charge is 0.285 e. The highest BCUT2D eigenvalue weighted by atomic mass is 35.5. The van der Waals surface area contributed by atoms with Crippen LogP contribution in [0.3, 0.4) is 0 Å². The molecule has 1 unspecified atom stereocenters. The number of hydrogen-bond donors (Lipinski definition) is 1. The molecular formula is C18H25ClN4O3S. The number of sulfonamides is 1. The van der Waals surface area contributed by atoms with Crippen molar-refractivity contribution in [2.75, 3.05) is 26.2 Å². The molecule has 2 fully saturated rings. The first kappa shape index (κ1) is 20.1. The minimum Gasteiger partial charge on any atom is -0.355 e. The highest BCUT2D eigenvalue weighted by molar-refractivity contribution is 7.90. The fraction of sp³-hybridized carbons (Fsp3) is 0.556. The Bertz CT molecular complexity index is 850. The van der Waals surface area contributed by atoms with Crippen LogP contribution in [0.15, 0.2) is 33.6 Å². The predicted octanol–water partition coefficient (Wildman–Crippen LogP) is 1.22. The third kappa shape index (κ3) is 3.58. The highest BCUT2D eigenvalue weighted by Gasteiger charge is 2.37. The van der Waals surface area contributed by atoms with E-state index in [1.807, 2.05) is 15.9 Å². The fourth-order valence-electron chi connectivity index (χ4n) is 4.26. The number of carbonyl (C=O) groups is 1. The first-order chi connectivity index (χ1) is 12.5. The third-order valence-corrected chi connectivity index (χ3v) is 7.01. The van der Waals surface area contributed by atoms with Crippen LogP contribution in [-0.2, 0) is 14.8 Å². The van der Waals surface area contributed by atoms with Crippen molar-refractivity contribution in [3.8, 4) is 0 Å². The molecular weight excluding hydrogens is 388 g/mol. The van der Waals surface area contributed by atoms with E-state index in [1.54, 1.807) is 18.2 Å². The summed E-state index contributed by atoms with van der Waals surface area (Å²) in [5, 5.41) is 0. The first-order valence-corrected chi connectivity index (χ1v) is 10.6. The van der Waals surface area contributed by atoms with Crippen molar-refractivity contribution in [1.82, 2.24) is 9.80 Å². The second kappa shape index (κ2) is 7.77. The largest absolute Gasteiger partial charge is 0.355 e. The molecule has 3 heterocycles. The van der Waals surface area contributed by atoms with Gasteiger partial charge in [-0.05, 0) is 37.8 Å². The number of benzene rings is 1. The normalized spacial score (nSPS) is 24.3. The van der Waals surface area contributed by atoms with Gasteiger partial charge in [0.15, 0.2) is 5.84 Å². The molecule has 3 aliphatic heterocycles. The minimum atomic E-state index is -3.60. The average Bonchev–Trinajstić information content (AvgIpc) is 3.24. The summed E-state index contributed by atoms with van der Waals surface area (Å²) in [7, 11) is -3.60. The van der Waals surface area contributed by atoms with Gasteiger partial charge < -0.3 is 15.5 Å². The molecule has 0 radical (unpaired) electrons. The molecule has 0 aromatic heterocycles. The van der Waals surface area contributed by atoms with Gasteiger partial charge in [0.05, 0.1) is 0 Å². The van der Waals surface area contributed by atoms with Gasteiger partial charge in [-0.25, -0.2) is 0 Å². The van der Waals surface area contributed by atoms with Crippen LogP contribution in [0.4, 0.5) is 0 Å². The summed E-state index contributed by atoms with van der Waals surface area (Å²) in [5.41, 5.74) is 6.46. The van der Waals surface area contributed by atoms with E-state index in [9.17, 15) is 13.2 Å². The molecule has 0 aliphatic carbocycles. The molecule has 0 saturated carbocycles. The van der Waals surface area contributed by atoms with E-state index in [-0.39, 0.29) is 35.2 Å². The van der Waals surface area contributed by atoms with Gasteiger partial charge in [0, 0.05) is 43.7 Å². The Hall–Kier alpha value is -1.64. The first-order valence-electron chi connectivity index (χ1n) is 9.21. The number of amidine groups is 1. The van der Waals surface area contributed by atoms with Crippen LogP contribution < -0.4 is 5.73 Å². The van der Waals surface area contributed by atoms with Gasteiger partial charge in [0.1, 0.15) is 4.90 Å². The Kier molecular flexibility index (Phi) is 5.79. The predicted molar refractivity (Wildman–Crippen MR) is 105 cm³/mol. The Morgan fingerprint density at radius 1 is 1.15 bits per heavy atom. The monoisotopic (exact) mass is 412 g/mol. The molecule has 2 N–H and O–H groups in total. The van der Waals surface area contributed by atoms with E-state index in [0.717, 1.165) is 19.4 Å². The maximum absolute atomic E-state index is 12.8. The van der Waals surface area contributed by atoms with Gasteiger partial charge >= 0.3 is 0 Å². The zero-order chi connectivity index (χ0) is 18.3. The van der Waals surface area contributed by atoms with Crippen molar-refractivity contribution in [3.63, 3.8) is 0 Å². The zero-order valence-corrected chi connectivity index (χ0v) is 16.7. The molecule has 27 heavy (non-hydrogen) atoms. The lowest BCUT2D eigenvalue weighted by Gasteiger charge is -2.35. The lowest BCUT2D eigenvalue weighted by molar-refractivity contribution is -0.137. The van der Waals surface area contributed by atoms with Crippen molar-refractivity contribution >= 4 is 34.2 Å². The maximum Gasteiger partial charge on any atom is 0.285 e. The van der Waals surface area contributed by atoms with Gasteiger partial charge in [-0.2, -0.15) is 8.42 Å². The number of nitrogens with zero attached hydrogens (tertiary/aromatic N) is 3. The minimum absolute atomic E-state index is 0. The van der Waals surface area contributed by atoms with E-state index < -0.39 is 10.0 Å². The summed E-state index contributed by atoms with van der Waals surface area (Å²) in [5.74, 6) is 0.721. The number of fused-ring (bicyclic) bond motifs is 1. The van der Waals surface area contributed by atoms with Crippen LogP contribution in [0, 0.1) is 5.92 Å². The second-order valence-electron chi connectivity index (χ2n) is 7.21. The third-order valence-electron chi connectivity index (χ3n) is 5.69. The molecule has 148 valence electrons. The van der Waals surface area contributed by atoms with Gasteiger partial charge in [0.2, 0.25) is 5.91 Å². The van der Waals surface area contributed by atoms with Crippen LogP contribution in [0.1, 0.15) is 31.2 Å². The number of rotatable bonds is 2. The lowest BCUT2D eigenvalue weighted by Crippen LogP contribution is -2.47. The van der Waals surface area contributed by atoms with Crippen molar-refractivity contribution in [2.45, 2.75) is 36.6 Å². The number of piperidine rings is 1. The van der Waals surface area contributed by atoms with E-state index >= 15 is 0 Å². The number of likely N-dealkylation sites (tertiary alicyclic amines) is 2. The average molecular weight is 413 g/mol. The summed E-state index contributed by atoms with van der Waals surface area (Å²) in [6, 6.07) is 7.11. The van der Waals surface area contributed by atoms with Crippen LogP contribution >= 0.6 is 12.4 Å². The summed E-state index contributed by atoms with van der Waals surface area (Å²) in [6.45, 7) is 2.61. The summed E-state index contributed by atoms with van der Waals surface area (Å²) < 4.78 is 28.5. The van der Waals surface area contributed by atoms with Gasteiger partial charge in [-0.3, -0.25) is 4.79 Å². The van der Waals surface area contributed by atoms with Gasteiger partial charge in [-0.15, -0.1) is 16.8 Å². The lowest BCUT2D eigenvalue weighted by atomic mass is 9.94. The van der Waals surface area contributed by atoms with E-state index in [2.05, 4.69) is 4.40 Å². The fourth-order valence-corrected chi connectivity index (χ4v) is 5.49. The van der Waals surface area contributed by atoms with Crippen LogP contribution in [0.2, 0.25) is 0 Å². The molecule has 1 aromatic carbocycles. The van der Waals surface area contributed by atoms with Crippen molar-refractivity contribution in [3.05, 3.63) is 29.8 Å². The summed E-state index contributed by atoms with van der Waals surface area (Å²) >= 11 is 0. The molecule has 9 heteroatoms. The van der Waals surface area contributed by atoms with Crippen LogP contribution in [0.5, 0.6) is 0 Å². The van der Waals surface area contributed by atoms with Crippen molar-refractivity contribution in [2.24, 2.45) is 16.0 Å². The number of carbonyl (C=O) groups excluding carboxylic acids is 1. The SMILES string of the molecule is Cl.NCC1CCCN1C(=O)C1CCN(C2=NS(=O)(=O)c3ccccc32)CC1. The Morgan fingerprint density at radius 2 is 1.85 bits per heavy atom. The summed E-state index contributed by atoms with van der Waals surface area (Å²) in [6.07, 6.45) is 3.45. The molecule has 3 aliphatic rings. The Morgan fingerprint density at radius 3 is 2.56 bits per heavy atom. The van der Waals surface area contributed by atoms with Gasteiger partial charge in [-0.1, -0.05) is 12.1 Å². The molecule has 4 rings (SSSR count). The quantitative estimate of drug-likeness (QED) is 0.787. The Balaban J connectivity index is 0.00000210. The molecule has 1 amide bonds. The molecule has 1 aromatic rings. The second-order valence-corrected chi connectivity index (χ2v) is 8.78. The highest BCUT2D eigenvalue weighted by Crippen LogP contribution is 2.30. The summed E-state index contributed by atoms with van der Waals surface area (Å²) in [4.78, 5) is 17.0. The Labute approximate surface area is 166 Å². The maximum atomic E-state index is 12.8. The zero-order valence-electron chi connectivity index (χ0n) is 15.1. The number of amides is 1. The van der Waals surface area contributed by atoms with E-state index in [1.165, 1.54) is 0 Å². The molecule has 0 bridgehead atoms. The molecule has 7 nitrogen and oxygen atoms in total. The van der Waals surface area contributed by atoms with Crippen molar-refractivity contribution < 1.29 is 13.2 Å². The molecule has 1 atom stereocenters. The molecule has 2 saturated heterocycles. The topological polar surface area (TPSA) is 96.1 Å².